The van der Waals surface area contributed by atoms with Crippen LogP contribution in [0.3, 0.4) is 0 Å². The van der Waals surface area contributed by atoms with Crippen LogP contribution in [0.25, 0.3) is 0 Å². The smallest absolute Gasteiger partial charge is 0.0295 e. The average Bonchev–Trinajstić information content (AvgIpc) is 2.89. The Kier molecular flexibility index (Phi) is 4.57. The molecule has 6 atom stereocenters. The van der Waals surface area contributed by atoms with E-state index in [0.717, 1.165) is 41.4 Å². The number of hydrogen-bond acceptors (Lipinski definition) is 0. The van der Waals surface area contributed by atoms with Gasteiger partial charge in [-0.25, -0.2) is 0 Å². The summed E-state index contributed by atoms with van der Waals surface area (Å²) in [6.45, 7) is 8.03. The lowest BCUT2D eigenvalue weighted by Crippen LogP contribution is -2.43. The summed E-state index contributed by atoms with van der Waals surface area (Å²) in [7, 11) is 0. The molecular formula is C23H40. The molecular weight excluding hydrogens is 276 g/mol. The normalized spacial score (nSPS) is 45.5. The fourth-order valence-corrected chi connectivity index (χ4v) is 8.14. The molecule has 0 aromatic heterocycles. The number of hydrogen-bond donors (Lipinski definition) is 0. The second-order valence-corrected chi connectivity index (χ2v) is 10.4. The lowest BCUT2D eigenvalue weighted by molar-refractivity contribution is -0.0184. The Labute approximate surface area is 145 Å². The van der Waals surface area contributed by atoms with Gasteiger partial charge in [-0.1, -0.05) is 59.3 Å². The van der Waals surface area contributed by atoms with Crippen LogP contribution in [-0.2, 0) is 0 Å². The number of rotatable bonds is 2. The lowest BCUT2D eigenvalue weighted by Gasteiger charge is -2.51. The van der Waals surface area contributed by atoms with Gasteiger partial charge in [-0.2, -0.15) is 0 Å². The molecule has 0 nitrogen and oxygen atoms in total. The largest absolute Gasteiger partial charge is 0.0620 e. The van der Waals surface area contributed by atoms with E-state index < -0.39 is 0 Å². The summed E-state index contributed by atoms with van der Waals surface area (Å²) >= 11 is 0. The van der Waals surface area contributed by atoms with E-state index in [1.54, 1.807) is 25.7 Å². The van der Waals surface area contributed by atoms with Gasteiger partial charge in [0, 0.05) is 0 Å². The molecule has 4 aliphatic rings. The zero-order valence-electron chi connectivity index (χ0n) is 16.0. The van der Waals surface area contributed by atoms with Crippen molar-refractivity contribution >= 4 is 0 Å². The molecule has 0 heteroatoms. The van der Waals surface area contributed by atoms with Gasteiger partial charge in [-0.15, -0.1) is 0 Å². The van der Waals surface area contributed by atoms with Crippen molar-refractivity contribution in [2.45, 2.75) is 97.8 Å². The van der Waals surface area contributed by atoms with Crippen LogP contribution < -0.4 is 0 Å². The summed E-state index contributed by atoms with van der Waals surface area (Å²) in [5.41, 5.74) is 0.607. The molecule has 0 saturated heterocycles. The molecule has 0 spiro atoms. The van der Waals surface area contributed by atoms with Crippen molar-refractivity contribution in [3.8, 4) is 0 Å². The van der Waals surface area contributed by atoms with Gasteiger partial charge < -0.3 is 0 Å². The van der Waals surface area contributed by atoms with Gasteiger partial charge in [0.25, 0.3) is 0 Å². The van der Waals surface area contributed by atoms with Crippen LogP contribution in [0.5, 0.6) is 0 Å². The zero-order valence-corrected chi connectivity index (χ0v) is 16.0. The second kappa shape index (κ2) is 6.38. The minimum Gasteiger partial charge on any atom is -0.0620 e. The summed E-state index contributed by atoms with van der Waals surface area (Å²) < 4.78 is 0. The third kappa shape index (κ3) is 2.71. The van der Waals surface area contributed by atoms with Gasteiger partial charge in [-0.05, 0) is 85.4 Å². The minimum absolute atomic E-state index is 0.607. The van der Waals surface area contributed by atoms with Crippen molar-refractivity contribution in [1.82, 2.24) is 0 Å². The van der Waals surface area contributed by atoms with E-state index in [1.165, 1.54) is 51.4 Å². The third-order valence-electron chi connectivity index (χ3n) is 9.34. The van der Waals surface area contributed by atoms with E-state index in [9.17, 15) is 0 Å². The van der Waals surface area contributed by atoms with Crippen LogP contribution in [0.15, 0.2) is 0 Å². The van der Waals surface area contributed by atoms with Crippen LogP contribution in [0.4, 0.5) is 0 Å². The summed E-state index contributed by atoms with van der Waals surface area (Å²) in [6.07, 6.45) is 18.5. The van der Waals surface area contributed by atoms with Crippen LogP contribution in [0.2, 0.25) is 0 Å². The first-order valence-corrected chi connectivity index (χ1v) is 11.1. The maximum atomic E-state index is 2.69. The van der Waals surface area contributed by atoms with Crippen molar-refractivity contribution in [2.75, 3.05) is 0 Å². The van der Waals surface area contributed by atoms with Crippen LogP contribution in [-0.4, -0.2) is 0 Å². The zero-order chi connectivity index (χ0) is 16.0. The first-order chi connectivity index (χ1) is 11.1. The van der Waals surface area contributed by atoms with Crippen molar-refractivity contribution < 1.29 is 0 Å². The Balaban J connectivity index is 1.60. The Morgan fingerprint density at radius 1 is 0.609 bits per heavy atom. The van der Waals surface area contributed by atoms with Gasteiger partial charge in [0.15, 0.2) is 0 Å². The molecule has 132 valence electrons. The highest BCUT2D eigenvalue weighted by Crippen LogP contribution is 2.63. The lowest BCUT2D eigenvalue weighted by atomic mass is 9.54. The van der Waals surface area contributed by atoms with E-state index in [1.807, 2.05) is 0 Å². The molecule has 0 aromatic rings. The molecule has 0 N–H and O–H groups in total. The molecule has 23 heavy (non-hydrogen) atoms. The highest BCUT2D eigenvalue weighted by molar-refractivity contribution is 5.04. The highest BCUT2D eigenvalue weighted by Gasteiger charge is 2.55. The first kappa shape index (κ1) is 16.5. The standard InChI is InChI=1S/C23H40/c1-16-18-12-7-8-13-20(18)22-19(16)14-9-15-21(22)23(2,3)17-10-5-4-6-11-17/h16-22H,4-15H2,1-3H3. The molecule has 4 rings (SSSR count). The van der Waals surface area contributed by atoms with Crippen LogP contribution >= 0.6 is 0 Å². The quantitative estimate of drug-likeness (QED) is 0.510. The van der Waals surface area contributed by atoms with E-state index in [4.69, 9.17) is 0 Å². The van der Waals surface area contributed by atoms with Gasteiger partial charge in [0.05, 0.1) is 0 Å². The van der Waals surface area contributed by atoms with E-state index in [2.05, 4.69) is 20.8 Å². The maximum absolute atomic E-state index is 2.69. The molecule has 0 heterocycles. The molecule has 4 fully saturated rings. The molecule has 0 radical (unpaired) electrons. The van der Waals surface area contributed by atoms with Crippen molar-refractivity contribution in [3.63, 3.8) is 0 Å². The summed E-state index contributed by atoms with van der Waals surface area (Å²) in [6, 6.07) is 0. The Hall–Kier alpha value is 0. The fourth-order valence-electron chi connectivity index (χ4n) is 8.14. The average molecular weight is 317 g/mol. The molecule has 0 aromatic carbocycles. The highest BCUT2D eigenvalue weighted by atomic mass is 14.6. The second-order valence-electron chi connectivity index (χ2n) is 10.4. The van der Waals surface area contributed by atoms with E-state index in [-0.39, 0.29) is 0 Å². The topological polar surface area (TPSA) is 0 Å². The fraction of sp³-hybridized carbons (Fsp3) is 1.00. The van der Waals surface area contributed by atoms with E-state index >= 15 is 0 Å². The molecule has 0 amide bonds. The predicted octanol–water partition coefficient (Wildman–Crippen LogP) is 7.08. The summed E-state index contributed by atoms with van der Waals surface area (Å²) in [5, 5.41) is 0. The molecule has 6 unspecified atom stereocenters. The first-order valence-electron chi connectivity index (χ1n) is 11.1. The van der Waals surface area contributed by atoms with Gasteiger partial charge in [-0.3, -0.25) is 0 Å². The maximum Gasteiger partial charge on any atom is -0.0295 e. The monoisotopic (exact) mass is 316 g/mol. The van der Waals surface area contributed by atoms with Gasteiger partial charge in [0.1, 0.15) is 0 Å². The van der Waals surface area contributed by atoms with Crippen LogP contribution in [0.1, 0.15) is 97.8 Å². The van der Waals surface area contributed by atoms with Gasteiger partial charge >= 0.3 is 0 Å². The summed E-state index contributed by atoms with van der Waals surface area (Å²) in [4.78, 5) is 0. The third-order valence-corrected chi connectivity index (χ3v) is 9.34. The summed E-state index contributed by atoms with van der Waals surface area (Å²) in [5.74, 6) is 7.50. The Morgan fingerprint density at radius 2 is 1.22 bits per heavy atom. The molecule has 0 bridgehead atoms. The predicted molar refractivity (Wildman–Crippen MR) is 99.3 cm³/mol. The SMILES string of the molecule is CC1C2CCCCC2C2C1CCCC2C(C)(C)C1CCCCC1. The van der Waals surface area contributed by atoms with E-state index in [0.29, 0.717) is 5.41 Å². The molecule has 0 aliphatic heterocycles. The van der Waals surface area contributed by atoms with Gasteiger partial charge in [0.2, 0.25) is 0 Å². The number of fused-ring (bicyclic) bond motifs is 3. The Bertz CT molecular complexity index is 402. The molecule has 4 aliphatic carbocycles. The molecule has 4 saturated carbocycles. The van der Waals surface area contributed by atoms with Crippen LogP contribution in [0, 0.1) is 46.8 Å². The minimum atomic E-state index is 0.607. The van der Waals surface area contributed by atoms with Crippen molar-refractivity contribution in [2.24, 2.45) is 46.8 Å². The van der Waals surface area contributed by atoms with Crippen molar-refractivity contribution in [3.05, 3.63) is 0 Å². The van der Waals surface area contributed by atoms with Crippen molar-refractivity contribution in [1.29, 1.82) is 0 Å². The Morgan fingerprint density at radius 3 is 1.96 bits per heavy atom.